The first-order chi connectivity index (χ1) is 24.3. The summed E-state index contributed by atoms with van der Waals surface area (Å²) in [6, 6.07) is 66.2. The Kier molecular flexibility index (Phi) is 6.39. The van der Waals surface area contributed by atoms with E-state index in [0.717, 1.165) is 17.1 Å². The van der Waals surface area contributed by atoms with Crippen LogP contribution in [0.5, 0.6) is 0 Å². The maximum Gasteiger partial charge on any atom is 0.0547 e. The second kappa shape index (κ2) is 11.2. The van der Waals surface area contributed by atoms with Crippen LogP contribution in [0.4, 0.5) is 17.1 Å². The minimum atomic E-state index is 1.13. The lowest BCUT2D eigenvalue weighted by Gasteiger charge is -2.26. The Morgan fingerprint density at radius 2 is 1.00 bits per heavy atom. The Bertz CT molecular complexity index is 2810. The summed E-state index contributed by atoms with van der Waals surface area (Å²) in [5.41, 5.74) is 9.44. The SMILES string of the molecule is c1ccc(-c2ccc(N(c3ccc4cc5c(cc4c3)c3ccccc3n5-c3ccccc3)c3ccc4c(c3)sc3ccccc34)cc2)cc1. The quantitative estimate of drug-likeness (QED) is 0.181. The van der Waals surface area contributed by atoms with E-state index in [1.807, 2.05) is 11.3 Å². The molecule has 8 aromatic carbocycles. The van der Waals surface area contributed by atoms with E-state index in [1.165, 1.54) is 69.6 Å². The van der Waals surface area contributed by atoms with Crippen molar-refractivity contribution in [3.8, 4) is 16.8 Å². The van der Waals surface area contributed by atoms with Crippen LogP contribution in [0.1, 0.15) is 0 Å². The fraction of sp³-hybridized carbons (Fsp3) is 0. The maximum absolute atomic E-state index is 2.40. The molecule has 0 fully saturated rings. The highest BCUT2D eigenvalue weighted by atomic mass is 32.1. The van der Waals surface area contributed by atoms with Crippen molar-refractivity contribution in [2.24, 2.45) is 0 Å². The van der Waals surface area contributed by atoms with Crippen molar-refractivity contribution in [1.82, 2.24) is 4.57 Å². The van der Waals surface area contributed by atoms with Gasteiger partial charge in [-0.2, -0.15) is 0 Å². The van der Waals surface area contributed by atoms with Gasteiger partial charge in [0.05, 0.1) is 11.0 Å². The number of hydrogen-bond acceptors (Lipinski definition) is 2. The molecule has 10 rings (SSSR count). The molecule has 2 heterocycles. The van der Waals surface area contributed by atoms with E-state index in [4.69, 9.17) is 0 Å². The van der Waals surface area contributed by atoms with Gasteiger partial charge in [-0.05, 0) is 94.7 Å². The molecule has 0 bridgehead atoms. The van der Waals surface area contributed by atoms with Crippen LogP contribution in [0.25, 0.3) is 69.6 Å². The molecule has 230 valence electrons. The minimum Gasteiger partial charge on any atom is -0.310 e. The fourth-order valence-corrected chi connectivity index (χ4v) is 8.57. The predicted molar refractivity (Wildman–Crippen MR) is 211 cm³/mol. The highest BCUT2D eigenvalue weighted by Crippen LogP contribution is 2.42. The third kappa shape index (κ3) is 4.62. The third-order valence-corrected chi connectivity index (χ3v) is 10.9. The van der Waals surface area contributed by atoms with Gasteiger partial charge in [-0.1, -0.05) is 109 Å². The van der Waals surface area contributed by atoms with Crippen LogP contribution >= 0.6 is 11.3 Å². The molecule has 0 unspecified atom stereocenters. The predicted octanol–water partition coefficient (Wildman–Crippen LogP) is 13.4. The largest absolute Gasteiger partial charge is 0.310 e. The van der Waals surface area contributed by atoms with Crippen molar-refractivity contribution in [2.75, 3.05) is 4.90 Å². The van der Waals surface area contributed by atoms with E-state index in [2.05, 4.69) is 191 Å². The van der Waals surface area contributed by atoms with Gasteiger partial charge in [-0.25, -0.2) is 0 Å². The highest BCUT2D eigenvalue weighted by Gasteiger charge is 2.17. The van der Waals surface area contributed by atoms with Crippen LogP contribution < -0.4 is 4.90 Å². The molecule has 0 atom stereocenters. The van der Waals surface area contributed by atoms with Crippen molar-refractivity contribution in [1.29, 1.82) is 0 Å². The van der Waals surface area contributed by atoms with Gasteiger partial charge in [0.15, 0.2) is 0 Å². The second-order valence-corrected chi connectivity index (χ2v) is 13.7. The summed E-state index contributed by atoms with van der Waals surface area (Å²) in [4.78, 5) is 2.40. The van der Waals surface area contributed by atoms with Gasteiger partial charge in [-0.3, -0.25) is 0 Å². The monoisotopic (exact) mass is 642 g/mol. The lowest BCUT2D eigenvalue weighted by atomic mass is 10.0. The number of rotatable bonds is 5. The average molecular weight is 643 g/mol. The summed E-state index contributed by atoms with van der Waals surface area (Å²) in [5, 5.41) is 7.58. The van der Waals surface area contributed by atoms with Crippen molar-refractivity contribution in [3.63, 3.8) is 0 Å². The summed E-state index contributed by atoms with van der Waals surface area (Å²) in [6.45, 7) is 0. The van der Waals surface area contributed by atoms with E-state index in [1.54, 1.807) is 0 Å². The molecule has 0 radical (unpaired) electrons. The lowest BCUT2D eigenvalue weighted by Crippen LogP contribution is -2.09. The first-order valence-electron chi connectivity index (χ1n) is 16.7. The van der Waals surface area contributed by atoms with Gasteiger partial charge in [0.25, 0.3) is 0 Å². The number of hydrogen-bond donors (Lipinski definition) is 0. The summed E-state index contributed by atoms with van der Waals surface area (Å²) in [5.74, 6) is 0. The van der Waals surface area contributed by atoms with Crippen LogP contribution in [0.15, 0.2) is 182 Å². The number of thiophene rings is 1. The molecule has 0 aliphatic carbocycles. The standard InChI is InChI=1S/C46H30N2S/c1-3-11-31(12-4-1)32-19-22-36(23-20-32)47(38-25-26-41-40-16-8-10-18-45(40)49-46(41)30-38)37-24-21-33-29-44-42(28-34(33)27-37)39-15-7-9-17-43(39)48(44)35-13-5-2-6-14-35/h1-30H. The first-order valence-corrected chi connectivity index (χ1v) is 17.5. The van der Waals surface area contributed by atoms with Gasteiger partial charge in [0, 0.05) is 53.7 Å². The lowest BCUT2D eigenvalue weighted by molar-refractivity contribution is 1.18. The summed E-state index contributed by atoms with van der Waals surface area (Å²) >= 11 is 1.86. The van der Waals surface area contributed by atoms with E-state index in [0.29, 0.717) is 0 Å². The van der Waals surface area contributed by atoms with Gasteiger partial charge in [0.1, 0.15) is 0 Å². The Morgan fingerprint density at radius 3 is 1.84 bits per heavy atom. The summed E-state index contributed by atoms with van der Waals surface area (Å²) < 4.78 is 5.00. The normalized spacial score (nSPS) is 11.7. The Morgan fingerprint density at radius 1 is 0.367 bits per heavy atom. The number of aromatic nitrogens is 1. The molecule has 2 aromatic heterocycles. The molecule has 0 N–H and O–H groups in total. The zero-order valence-electron chi connectivity index (χ0n) is 26.6. The molecule has 3 heteroatoms. The van der Waals surface area contributed by atoms with Crippen LogP contribution in [-0.2, 0) is 0 Å². The maximum atomic E-state index is 2.40. The van der Waals surface area contributed by atoms with E-state index < -0.39 is 0 Å². The zero-order chi connectivity index (χ0) is 32.3. The Balaban J connectivity index is 1.17. The molecule has 10 aromatic rings. The number of nitrogens with zero attached hydrogens (tertiary/aromatic N) is 2. The average Bonchev–Trinajstić information content (AvgIpc) is 3.70. The molecule has 0 amide bonds. The molecule has 0 saturated heterocycles. The number of fused-ring (bicyclic) bond motifs is 7. The van der Waals surface area contributed by atoms with Crippen LogP contribution in [0, 0.1) is 0 Å². The van der Waals surface area contributed by atoms with Crippen molar-refractivity contribution in [2.45, 2.75) is 0 Å². The smallest absolute Gasteiger partial charge is 0.0547 e. The van der Waals surface area contributed by atoms with Crippen molar-refractivity contribution in [3.05, 3.63) is 182 Å². The molecule has 0 aliphatic heterocycles. The number of para-hydroxylation sites is 2. The van der Waals surface area contributed by atoms with Gasteiger partial charge >= 0.3 is 0 Å². The second-order valence-electron chi connectivity index (χ2n) is 12.6. The Labute approximate surface area is 288 Å². The van der Waals surface area contributed by atoms with E-state index in [9.17, 15) is 0 Å². The summed E-state index contributed by atoms with van der Waals surface area (Å²) in [7, 11) is 0. The first kappa shape index (κ1) is 27.9. The molecular formula is C46H30N2S. The van der Waals surface area contributed by atoms with Crippen molar-refractivity contribution < 1.29 is 0 Å². The zero-order valence-corrected chi connectivity index (χ0v) is 27.4. The Hall–Kier alpha value is -6.16. The number of benzene rings is 8. The van der Waals surface area contributed by atoms with Crippen LogP contribution in [-0.4, -0.2) is 4.57 Å². The third-order valence-electron chi connectivity index (χ3n) is 9.74. The van der Waals surface area contributed by atoms with Crippen LogP contribution in [0.2, 0.25) is 0 Å². The molecule has 2 nitrogen and oxygen atoms in total. The number of anilines is 3. The summed E-state index contributed by atoms with van der Waals surface area (Å²) in [6.07, 6.45) is 0. The minimum absolute atomic E-state index is 1.13. The molecule has 0 spiro atoms. The van der Waals surface area contributed by atoms with Crippen LogP contribution in [0.3, 0.4) is 0 Å². The molecular weight excluding hydrogens is 613 g/mol. The fourth-order valence-electron chi connectivity index (χ4n) is 7.43. The van der Waals surface area contributed by atoms with Gasteiger partial charge < -0.3 is 9.47 Å². The molecule has 0 saturated carbocycles. The van der Waals surface area contributed by atoms with Crippen molar-refractivity contribution >= 4 is 81.1 Å². The van der Waals surface area contributed by atoms with Gasteiger partial charge in [0.2, 0.25) is 0 Å². The topological polar surface area (TPSA) is 8.17 Å². The van der Waals surface area contributed by atoms with E-state index >= 15 is 0 Å². The van der Waals surface area contributed by atoms with E-state index in [-0.39, 0.29) is 0 Å². The highest BCUT2D eigenvalue weighted by molar-refractivity contribution is 7.25. The molecule has 49 heavy (non-hydrogen) atoms. The molecule has 0 aliphatic rings. The van der Waals surface area contributed by atoms with Gasteiger partial charge in [-0.15, -0.1) is 11.3 Å².